The third-order valence-corrected chi connectivity index (χ3v) is 6.65. The fraction of sp³-hybridized carbons (Fsp3) is 0.320. The summed E-state index contributed by atoms with van der Waals surface area (Å²) < 4.78 is 72.7. The van der Waals surface area contributed by atoms with E-state index in [-0.39, 0.29) is 45.5 Å². The van der Waals surface area contributed by atoms with Crippen LogP contribution in [-0.4, -0.2) is 58.0 Å². The molecule has 13 heteroatoms. The van der Waals surface area contributed by atoms with Gasteiger partial charge in [0.1, 0.15) is 35.6 Å². The van der Waals surface area contributed by atoms with Crippen molar-refractivity contribution in [3.05, 3.63) is 69.6 Å². The number of fused-ring (bicyclic) bond motifs is 2. The molecule has 0 aliphatic carbocycles. The Morgan fingerprint density at radius 2 is 1.92 bits per heavy atom. The topological polar surface area (TPSA) is 113 Å². The molecule has 0 bridgehead atoms. The van der Waals surface area contributed by atoms with Crippen molar-refractivity contribution in [1.29, 1.82) is 0 Å². The Morgan fingerprint density at radius 1 is 1.13 bits per heavy atom. The van der Waals surface area contributed by atoms with E-state index < -0.39 is 36.2 Å². The number of aromatic amines is 2. The van der Waals surface area contributed by atoms with Crippen LogP contribution >= 0.6 is 0 Å². The second kappa shape index (κ2) is 9.01. The van der Waals surface area contributed by atoms with Crippen molar-refractivity contribution in [1.82, 2.24) is 20.1 Å². The highest BCUT2D eigenvalue weighted by molar-refractivity contribution is 6.02. The number of nitrogens with zero attached hydrogens (tertiary/aromatic N) is 2. The normalized spacial score (nSPS) is 18.4. The molecule has 1 amide bonds. The number of amides is 1. The zero-order chi connectivity index (χ0) is 26.6. The molecule has 2 aliphatic rings. The maximum Gasteiger partial charge on any atom is 0.417 e. The number of benzene rings is 2. The molecule has 1 fully saturated rings. The molecule has 2 N–H and O–H groups in total. The van der Waals surface area contributed by atoms with E-state index in [2.05, 4.69) is 15.2 Å². The van der Waals surface area contributed by atoms with Gasteiger partial charge in [-0.1, -0.05) is 6.07 Å². The maximum absolute atomic E-state index is 15.3. The summed E-state index contributed by atoms with van der Waals surface area (Å²) in [5.41, 5.74) is 0.388. The summed E-state index contributed by atoms with van der Waals surface area (Å²) in [6.45, 7) is -0.623. The lowest BCUT2D eigenvalue weighted by Crippen LogP contribution is -2.38. The molecule has 0 spiro atoms. The molecule has 4 aromatic rings. The molecule has 6 rings (SSSR count). The second-order valence-corrected chi connectivity index (χ2v) is 9.12. The molecule has 2 aromatic carbocycles. The Kier molecular flexibility index (Phi) is 5.74. The van der Waals surface area contributed by atoms with E-state index in [1.54, 1.807) is 18.2 Å². The minimum Gasteiger partial charge on any atom is -0.490 e. The lowest BCUT2D eigenvalue weighted by molar-refractivity contribution is -0.142. The predicted octanol–water partition coefficient (Wildman–Crippen LogP) is 4.32. The average molecular weight is 532 g/mol. The van der Waals surface area contributed by atoms with E-state index in [4.69, 9.17) is 13.9 Å². The molecule has 38 heavy (non-hydrogen) atoms. The fourth-order valence-electron chi connectivity index (χ4n) is 5.03. The lowest BCUT2D eigenvalue weighted by Gasteiger charge is -2.28. The number of aromatic nitrogens is 3. The van der Waals surface area contributed by atoms with Crippen LogP contribution < -0.4 is 10.5 Å². The Balaban J connectivity index is 1.50. The van der Waals surface area contributed by atoms with Crippen molar-refractivity contribution in [3.8, 4) is 17.0 Å². The third-order valence-electron chi connectivity index (χ3n) is 6.65. The van der Waals surface area contributed by atoms with Crippen LogP contribution in [0.2, 0.25) is 0 Å². The lowest BCUT2D eigenvalue weighted by atomic mass is 9.95. The zero-order valence-corrected chi connectivity index (χ0v) is 19.6. The van der Waals surface area contributed by atoms with Gasteiger partial charge in [0.25, 0.3) is 5.91 Å². The molecule has 2 aromatic heterocycles. The molecular formula is C25H20F4N4O5. The zero-order valence-electron chi connectivity index (χ0n) is 19.6. The smallest absolute Gasteiger partial charge is 0.417 e. The van der Waals surface area contributed by atoms with Crippen LogP contribution in [0.1, 0.15) is 40.5 Å². The molecule has 198 valence electrons. The third kappa shape index (κ3) is 4.22. The first-order chi connectivity index (χ1) is 18.2. The van der Waals surface area contributed by atoms with Crippen molar-refractivity contribution in [2.24, 2.45) is 0 Å². The molecule has 0 radical (unpaired) electrons. The maximum atomic E-state index is 15.3. The summed E-state index contributed by atoms with van der Waals surface area (Å²) in [5, 5.41) is 6.69. The van der Waals surface area contributed by atoms with Crippen molar-refractivity contribution < 1.29 is 36.2 Å². The number of alkyl halides is 3. The van der Waals surface area contributed by atoms with Crippen LogP contribution in [0, 0.1) is 5.82 Å². The van der Waals surface area contributed by atoms with Gasteiger partial charge in [-0.3, -0.25) is 14.9 Å². The van der Waals surface area contributed by atoms with E-state index in [0.29, 0.717) is 36.5 Å². The fourth-order valence-corrected chi connectivity index (χ4v) is 5.03. The molecular weight excluding hydrogens is 512 g/mol. The summed E-state index contributed by atoms with van der Waals surface area (Å²) in [6.07, 6.45) is -3.74. The first-order valence-corrected chi connectivity index (χ1v) is 11.8. The van der Waals surface area contributed by atoms with Crippen LogP contribution in [0.25, 0.3) is 22.4 Å². The van der Waals surface area contributed by atoms with E-state index >= 15 is 4.39 Å². The summed E-state index contributed by atoms with van der Waals surface area (Å²) in [5.74, 6) is -2.29. The SMILES string of the molecule is O=C1c2[nH]nc(-c3cccc4[nH]c(=O)oc34)c2C(c2cc(OC3CCOCC3)ccc2F)N1CC(F)(F)F. The van der Waals surface area contributed by atoms with Crippen molar-refractivity contribution in [2.75, 3.05) is 19.8 Å². The highest BCUT2D eigenvalue weighted by Gasteiger charge is 2.48. The minimum absolute atomic E-state index is 0.0396. The van der Waals surface area contributed by atoms with Crippen LogP contribution in [0.3, 0.4) is 0 Å². The number of nitrogens with one attached hydrogen (secondary N) is 2. The summed E-state index contributed by atoms with van der Waals surface area (Å²) in [7, 11) is 0. The molecule has 9 nitrogen and oxygen atoms in total. The number of H-pyrrole nitrogens is 2. The van der Waals surface area contributed by atoms with Crippen molar-refractivity contribution in [3.63, 3.8) is 0 Å². The van der Waals surface area contributed by atoms with Gasteiger partial charge < -0.3 is 18.8 Å². The number of carbonyl (C=O) groups is 1. The summed E-state index contributed by atoms with van der Waals surface area (Å²) >= 11 is 0. The Labute approximate surface area is 211 Å². The van der Waals surface area contributed by atoms with Crippen LogP contribution in [0.4, 0.5) is 17.6 Å². The number of carbonyl (C=O) groups excluding carboxylic acids is 1. The number of halogens is 4. The predicted molar refractivity (Wildman–Crippen MR) is 124 cm³/mol. The quantitative estimate of drug-likeness (QED) is 0.371. The highest BCUT2D eigenvalue weighted by Crippen LogP contribution is 2.46. The van der Waals surface area contributed by atoms with Gasteiger partial charge in [-0.25, -0.2) is 9.18 Å². The Morgan fingerprint density at radius 3 is 2.68 bits per heavy atom. The Bertz CT molecular complexity index is 1580. The largest absolute Gasteiger partial charge is 0.490 e. The van der Waals surface area contributed by atoms with Gasteiger partial charge in [-0.05, 0) is 30.3 Å². The molecule has 4 heterocycles. The first-order valence-electron chi connectivity index (χ1n) is 11.8. The van der Waals surface area contributed by atoms with Crippen LogP contribution in [0.15, 0.2) is 45.6 Å². The van der Waals surface area contributed by atoms with Gasteiger partial charge in [-0.2, -0.15) is 18.3 Å². The van der Waals surface area contributed by atoms with Crippen molar-refractivity contribution in [2.45, 2.75) is 31.2 Å². The number of hydrogen-bond acceptors (Lipinski definition) is 6. The number of ether oxygens (including phenoxy) is 2. The number of para-hydroxylation sites is 1. The number of rotatable bonds is 5. The van der Waals surface area contributed by atoms with Gasteiger partial charge in [0.2, 0.25) is 0 Å². The monoisotopic (exact) mass is 532 g/mol. The molecule has 1 unspecified atom stereocenters. The summed E-state index contributed by atoms with van der Waals surface area (Å²) in [4.78, 5) is 28.1. The van der Waals surface area contributed by atoms with Gasteiger partial charge in [0.15, 0.2) is 5.58 Å². The van der Waals surface area contributed by atoms with E-state index in [1.165, 1.54) is 12.1 Å². The highest BCUT2D eigenvalue weighted by atomic mass is 19.4. The van der Waals surface area contributed by atoms with E-state index in [9.17, 15) is 22.8 Å². The molecule has 1 atom stereocenters. The van der Waals surface area contributed by atoms with E-state index in [1.807, 2.05) is 0 Å². The van der Waals surface area contributed by atoms with Crippen molar-refractivity contribution >= 4 is 17.0 Å². The second-order valence-electron chi connectivity index (χ2n) is 9.12. The van der Waals surface area contributed by atoms with Gasteiger partial charge >= 0.3 is 11.9 Å². The standard InChI is InChI=1S/C25H20F4N4O5/c26-16-5-4-13(37-12-6-8-36-9-7-12)10-15(16)21-18-19(14-2-1-3-17-22(14)38-24(35)30-17)31-32-20(18)23(34)33(21)11-25(27,28)29/h1-5,10,12,21H,6-9,11H2,(H,30,35)(H,31,32). The average Bonchev–Trinajstić information content (AvgIpc) is 3.54. The first kappa shape index (κ1) is 24.2. The number of oxazole rings is 1. The number of hydrogen-bond donors (Lipinski definition) is 2. The molecule has 2 aliphatic heterocycles. The van der Waals surface area contributed by atoms with Crippen LogP contribution in [0.5, 0.6) is 5.75 Å². The van der Waals surface area contributed by atoms with Gasteiger partial charge in [0, 0.05) is 29.5 Å². The van der Waals surface area contributed by atoms with Gasteiger partial charge in [-0.15, -0.1) is 0 Å². The Hall–Kier alpha value is -4.13. The van der Waals surface area contributed by atoms with E-state index in [0.717, 1.165) is 6.07 Å². The van der Waals surface area contributed by atoms with Gasteiger partial charge in [0.05, 0.1) is 24.8 Å². The van der Waals surface area contributed by atoms with Crippen LogP contribution in [-0.2, 0) is 4.74 Å². The summed E-state index contributed by atoms with van der Waals surface area (Å²) in [6, 6.07) is 7.04. The minimum atomic E-state index is -4.76. The molecule has 1 saturated heterocycles. The molecule has 0 saturated carbocycles.